The molecule has 1 aliphatic heterocycles. The first-order valence-electron chi connectivity index (χ1n) is 6.36. The topological polar surface area (TPSA) is 29.3 Å². The molecule has 1 fully saturated rings. The monoisotopic (exact) mass is 282 g/mol. The molecular formula is C14H19ClN2S. The second-order valence-corrected chi connectivity index (χ2v) is 5.96. The van der Waals surface area contributed by atoms with Gasteiger partial charge in [-0.2, -0.15) is 0 Å². The fourth-order valence-corrected chi connectivity index (χ4v) is 2.97. The molecule has 0 bridgehead atoms. The predicted molar refractivity (Wildman–Crippen MR) is 82.5 cm³/mol. The van der Waals surface area contributed by atoms with Crippen LogP contribution < -0.4 is 10.6 Å². The number of thiocarbonyl (C=S) groups is 1. The zero-order valence-electron chi connectivity index (χ0n) is 10.8. The van der Waals surface area contributed by atoms with Gasteiger partial charge in [-0.3, -0.25) is 0 Å². The van der Waals surface area contributed by atoms with E-state index in [1.165, 1.54) is 12.8 Å². The molecule has 2 unspecified atom stereocenters. The Morgan fingerprint density at radius 2 is 2.17 bits per heavy atom. The van der Waals surface area contributed by atoms with Gasteiger partial charge in [0.05, 0.1) is 0 Å². The van der Waals surface area contributed by atoms with E-state index in [2.05, 4.69) is 18.7 Å². The molecule has 2 rings (SSSR count). The second kappa shape index (κ2) is 5.45. The third-order valence-electron chi connectivity index (χ3n) is 3.91. The van der Waals surface area contributed by atoms with Crippen molar-refractivity contribution in [2.24, 2.45) is 11.7 Å². The summed E-state index contributed by atoms with van der Waals surface area (Å²) in [7, 11) is 0. The second-order valence-electron chi connectivity index (χ2n) is 5.08. The minimum atomic E-state index is 0.415. The molecular weight excluding hydrogens is 264 g/mol. The Labute approximate surface area is 119 Å². The molecule has 1 heterocycles. The first-order chi connectivity index (χ1) is 8.50. The average Bonchev–Trinajstić information content (AvgIpc) is 2.33. The minimum Gasteiger partial charge on any atom is -0.389 e. The summed E-state index contributed by atoms with van der Waals surface area (Å²) in [6.07, 6.45) is 2.50. The van der Waals surface area contributed by atoms with Crippen molar-refractivity contribution in [3.63, 3.8) is 0 Å². The number of anilines is 1. The summed E-state index contributed by atoms with van der Waals surface area (Å²) < 4.78 is 0. The van der Waals surface area contributed by atoms with E-state index in [1.807, 2.05) is 18.2 Å². The van der Waals surface area contributed by atoms with Gasteiger partial charge in [0.15, 0.2) is 0 Å². The van der Waals surface area contributed by atoms with Gasteiger partial charge in [-0.05, 0) is 43.9 Å². The average molecular weight is 283 g/mol. The Bertz CT molecular complexity index is 461. The van der Waals surface area contributed by atoms with Crippen molar-refractivity contribution in [3.8, 4) is 0 Å². The number of halogens is 1. The van der Waals surface area contributed by atoms with E-state index < -0.39 is 0 Å². The van der Waals surface area contributed by atoms with Crippen molar-refractivity contribution in [3.05, 3.63) is 28.8 Å². The molecule has 0 saturated carbocycles. The molecule has 4 heteroatoms. The van der Waals surface area contributed by atoms with Crippen LogP contribution in [-0.4, -0.2) is 17.6 Å². The van der Waals surface area contributed by atoms with Crippen LogP contribution >= 0.6 is 23.8 Å². The summed E-state index contributed by atoms with van der Waals surface area (Å²) in [5.41, 5.74) is 7.82. The van der Waals surface area contributed by atoms with E-state index in [4.69, 9.17) is 29.6 Å². The number of rotatable bonds is 2. The Morgan fingerprint density at radius 1 is 1.44 bits per heavy atom. The zero-order valence-corrected chi connectivity index (χ0v) is 12.4. The lowest BCUT2D eigenvalue weighted by Crippen LogP contribution is -2.43. The fourth-order valence-electron chi connectivity index (χ4n) is 2.63. The van der Waals surface area contributed by atoms with Gasteiger partial charge in [0.2, 0.25) is 0 Å². The Hall–Kier alpha value is -0.800. The molecule has 0 radical (unpaired) electrons. The van der Waals surface area contributed by atoms with Crippen LogP contribution in [-0.2, 0) is 0 Å². The number of hydrogen-bond donors (Lipinski definition) is 1. The summed E-state index contributed by atoms with van der Waals surface area (Å²) in [4.78, 5) is 2.82. The first-order valence-corrected chi connectivity index (χ1v) is 7.15. The molecule has 1 aromatic rings. The van der Waals surface area contributed by atoms with Crippen molar-refractivity contribution in [1.29, 1.82) is 0 Å². The normalized spacial score (nSPS) is 24.1. The highest BCUT2D eigenvalue weighted by atomic mass is 35.5. The highest BCUT2D eigenvalue weighted by molar-refractivity contribution is 7.80. The van der Waals surface area contributed by atoms with Gasteiger partial charge in [-0.1, -0.05) is 30.7 Å². The zero-order chi connectivity index (χ0) is 13.3. The van der Waals surface area contributed by atoms with Gasteiger partial charge < -0.3 is 10.6 Å². The highest BCUT2D eigenvalue weighted by Gasteiger charge is 2.26. The molecule has 0 spiro atoms. The number of hydrogen-bond acceptors (Lipinski definition) is 2. The van der Waals surface area contributed by atoms with Crippen LogP contribution in [0.2, 0.25) is 5.02 Å². The summed E-state index contributed by atoms with van der Waals surface area (Å²) in [5, 5.41) is 0.680. The Morgan fingerprint density at radius 3 is 2.83 bits per heavy atom. The van der Waals surface area contributed by atoms with Gasteiger partial charge in [-0.15, -0.1) is 0 Å². The predicted octanol–water partition coefficient (Wildman–Crippen LogP) is 3.60. The van der Waals surface area contributed by atoms with Crippen LogP contribution in [0, 0.1) is 5.92 Å². The molecule has 2 atom stereocenters. The molecule has 1 aliphatic rings. The molecule has 2 nitrogen and oxygen atoms in total. The largest absolute Gasteiger partial charge is 0.389 e. The molecule has 0 aliphatic carbocycles. The van der Waals surface area contributed by atoms with Gasteiger partial charge in [-0.25, -0.2) is 0 Å². The van der Waals surface area contributed by atoms with E-state index >= 15 is 0 Å². The first kappa shape index (κ1) is 13.6. The molecule has 0 aromatic heterocycles. The summed E-state index contributed by atoms with van der Waals surface area (Å²) in [6, 6.07) is 6.31. The maximum absolute atomic E-state index is 6.03. The summed E-state index contributed by atoms with van der Waals surface area (Å²) in [6.45, 7) is 5.62. The quantitative estimate of drug-likeness (QED) is 0.841. The van der Waals surface area contributed by atoms with E-state index in [0.29, 0.717) is 22.0 Å². The summed E-state index contributed by atoms with van der Waals surface area (Å²) in [5.74, 6) is 0.689. The molecule has 1 aromatic carbocycles. The molecule has 18 heavy (non-hydrogen) atoms. The van der Waals surface area contributed by atoms with Crippen molar-refractivity contribution in [2.45, 2.75) is 32.7 Å². The van der Waals surface area contributed by atoms with E-state index in [0.717, 1.165) is 17.8 Å². The Balaban J connectivity index is 2.40. The van der Waals surface area contributed by atoms with Gasteiger partial charge >= 0.3 is 0 Å². The smallest absolute Gasteiger partial charge is 0.106 e. The van der Waals surface area contributed by atoms with Crippen LogP contribution in [0.25, 0.3) is 0 Å². The van der Waals surface area contributed by atoms with E-state index in [1.54, 1.807) is 0 Å². The van der Waals surface area contributed by atoms with Crippen LogP contribution in [0.5, 0.6) is 0 Å². The third kappa shape index (κ3) is 2.62. The highest BCUT2D eigenvalue weighted by Crippen LogP contribution is 2.32. The number of piperidine rings is 1. The Kier molecular flexibility index (Phi) is 4.13. The van der Waals surface area contributed by atoms with Gasteiger partial charge in [0.25, 0.3) is 0 Å². The van der Waals surface area contributed by atoms with Gasteiger partial charge in [0.1, 0.15) is 4.99 Å². The molecule has 0 amide bonds. The van der Waals surface area contributed by atoms with Crippen molar-refractivity contribution >= 4 is 34.5 Å². The maximum Gasteiger partial charge on any atom is 0.106 e. The van der Waals surface area contributed by atoms with Crippen molar-refractivity contribution in [1.82, 2.24) is 0 Å². The lowest BCUT2D eigenvalue weighted by atomic mass is 9.91. The van der Waals surface area contributed by atoms with Crippen LogP contribution in [0.4, 0.5) is 5.69 Å². The molecule has 1 saturated heterocycles. The molecule has 98 valence electrons. The fraction of sp³-hybridized carbons (Fsp3) is 0.500. The van der Waals surface area contributed by atoms with E-state index in [-0.39, 0.29) is 0 Å². The lowest BCUT2D eigenvalue weighted by Gasteiger charge is -2.40. The SMILES string of the molecule is CC1CCCN(c2ccc(Cl)cc2C(N)=S)C1C. The molecule has 2 N–H and O–H groups in total. The van der Waals surface area contributed by atoms with Gasteiger partial charge in [0, 0.05) is 28.9 Å². The van der Waals surface area contributed by atoms with Crippen molar-refractivity contribution in [2.75, 3.05) is 11.4 Å². The van der Waals surface area contributed by atoms with Crippen LogP contribution in [0.15, 0.2) is 18.2 Å². The van der Waals surface area contributed by atoms with E-state index in [9.17, 15) is 0 Å². The third-order valence-corrected chi connectivity index (χ3v) is 4.36. The lowest BCUT2D eigenvalue weighted by molar-refractivity contribution is 0.363. The minimum absolute atomic E-state index is 0.415. The number of nitrogens with zero attached hydrogens (tertiary/aromatic N) is 1. The van der Waals surface area contributed by atoms with Crippen LogP contribution in [0.1, 0.15) is 32.3 Å². The number of benzene rings is 1. The number of nitrogens with two attached hydrogens (primary N) is 1. The summed E-state index contributed by atoms with van der Waals surface area (Å²) >= 11 is 11.2. The maximum atomic E-state index is 6.03. The van der Waals surface area contributed by atoms with Crippen LogP contribution in [0.3, 0.4) is 0 Å². The standard InChI is InChI=1S/C14H19ClN2S/c1-9-4-3-7-17(10(9)2)13-6-5-11(15)8-12(13)14(16)18/h5-6,8-10H,3-4,7H2,1-2H3,(H2,16,18). The van der Waals surface area contributed by atoms with Crippen molar-refractivity contribution < 1.29 is 0 Å².